The average Bonchev–Trinajstić information content (AvgIpc) is 2.12. The first kappa shape index (κ1) is 12.2. The van der Waals surface area contributed by atoms with Crippen molar-refractivity contribution in [1.82, 2.24) is 10.6 Å². The normalized spacial score (nSPS) is 10.9. The van der Waals surface area contributed by atoms with E-state index in [-0.39, 0.29) is 18.3 Å². The van der Waals surface area contributed by atoms with Crippen molar-refractivity contribution < 1.29 is 9.90 Å². The van der Waals surface area contributed by atoms with Gasteiger partial charge in [0.1, 0.15) is 0 Å². The van der Waals surface area contributed by atoms with Gasteiger partial charge in [0.25, 0.3) is 5.88 Å². The number of nitrogens with zero attached hydrogens (tertiary/aromatic N) is 2. The Hall–Kier alpha value is -1.77. The Bertz CT molecular complexity index is 255. The Kier molecular flexibility index (Phi) is 5.87. The smallest absolute Gasteiger partial charge is 0.409 e. The molecule has 0 rings (SSSR count). The van der Waals surface area contributed by atoms with Gasteiger partial charge in [0.05, 0.1) is 6.54 Å². The van der Waals surface area contributed by atoms with Gasteiger partial charge in [-0.05, 0) is 5.92 Å². The lowest BCUT2D eigenvalue weighted by molar-refractivity contribution is -0.120. The summed E-state index contributed by atoms with van der Waals surface area (Å²) in [5.74, 6) is -0.195. The zero-order valence-corrected chi connectivity index (χ0v) is 8.32. The Balaban J connectivity index is 3.65. The summed E-state index contributed by atoms with van der Waals surface area (Å²) >= 11 is 0. The minimum atomic E-state index is -0.354. The molecule has 0 bridgehead atoms. The first-order chi connectivity index (χ1) is 6.56. The first-order valence-electron chi connectivity index (χ1n) is 4.30. The summed E-state index contributed by atoms with van der Waals surface area (Å²) in [6.07, 6.45) is 0.801. The summed E-state index contributed by atoms with van der Waals surface area (Å²) in [5, 5.41) is 21.9. The maximum Gasteiger partial charge on any atom is 0.409 e. The maximum absolute atomic E-state index is 11.1. The van der Waals surface area contributed by atoms with Crippen LogP contribution in [0.1, 0.15) is 13.8 Å². The lowest BCUT2D eigenvalue weighted by Gasteiger charge is -2.07. The molecule has 0 radical (unpaired) electrons. The molecule has 0 heterocycles. The van der Waals surface area contributed by atoms with Crippen LogP contribution in [0.4, 0.5) is 0 Å². The standard InChI is InChI=1S/C8H14N4O2/c1-6(2)3-10-7(13)4-11-8(14)5-12-9/h5-6,11H,3-4H2,1-2H3,(H-,10,13,14)/p+1. The molecule has 6 nitrogen and oxygen atoms in total. The topological polar surface area (TPSA) is 89.5 Å². The molecular weight excluding hydrogens is 184 g/mol. The molecule has 1 amide bonds. The molecule has 0 fully saturated rings. The van der Waals surface area contributed by atoms with E-state index in [0.717, 1.165) is 6.20 Å². The molecule has 0 aliphatic carbocycles. The second kappa shape index (κ2) is 6.71. The fraction of sp³-hybridized carbons (Fsp3) is 0.625. The van der Waals surface area contributed by atoms with E-state index in [9.17, 15) is 4.79 Å². The third kappa shape index (κ3) is 6.91. The summed E-state index contributed by atoms with van der Waals surface area (Å²) < 4.78 is 0. The first-order valence-corrected chi connectivity index (χ1v) is 4.30. The van der Waals surface area contributed by atoms with E-state index in [2.05, 4.69) is 15.6 Å². The van der Waals surface area contributed by atoms with Crippen LogP contribution < -0.4 is 10.6 Å². The van der Waals surface area contributed by atoms with Crippen LogP contribution in [-0.4, -0.2) is 24.1 Å². The SMILES string of the molecule is CC(C)CNC(=O)CNC(O)=C[N+]#N. The fourth-order valence-electron chi connectivity index (χ4n) is 0.652. The molecule has 0 saturated heterocycles. The van der Waals surface area contributed by atoms with E-state index in [1.807, 2.05) is 13.8 Å². The van der Waals surface area contributed by atoms with Gasteiger partial charge in [0, 0.05) is 6.54 Å². The highest BCUT2D eigenvalue weighted by molar-refractivity contribution is 5.78. The van der Waals surface area contributed by atoms with E-state index < -0.39 is 0 Å². The van der Waals surface area contributed by atoms with Crippen molar-refractivity contribution >= 4 is 5.91 Å². The number of carbonyl (C=O) groups is 1. The molecule has 0 aromatic carbocycles. The van der Waals surface area contributed by atoms with Crippen molar-refractivity contribution in [2.75, 3.05) is 13.1 Å². The molecule has 0 aromatic rings. The predicted molar refractivity (Wildman–Crippen MR) is 51.6 cm³/mol. The van der Waals surface area contributed by atoms with E-state index >= 15 is 0 Å². The molecule has 6 heteroatoms. The van der Waals surface area contributed by atoms with E-state index in [1.165, 1.54) is 0 Å². The van der Waals surface area contributed by atoms with Gasteiger partial charge in [-0.3, -0.25) is 4.79 Å². The number of carbonyl (C=O) groups excluding carboxylic acids is 1. The summed E-state index contributed by atoms with van der Waals surface area (Å²) in [7, 11) is 0. The van der Waals surface area contributed by atoms with Gasteiger partial charge in [-0.25, -0.2) is 0 Å². The monoisotopic (exact) mass is 199 g/mol. The molecule has 0 unspecified atom stereocenters. The van der Waals surface area contributed by atoms with Gasteiger partial charge in [0.15, 0.2) is 4.98 Å². The molecule has 78 valence electrons. The summed E-state index contributed by atoms with van der Waals surface area (Å²) in [6, 6.07) is 0. The largest absolute Gasteiger partial charge is 0.490 e. The van der Waals surface area contributed by atoms with Crippen LogP contribution in [0.2, 0.25) is 0 Å². The third-order valence-electron chi connectivity index (χ3n) is 1.32. The van der Waals surface area contributed by atoms with Gasteiger partial charge in [-0.15, -0.1) is 0 Å². The lowest BCUT2D eigenvalue weighted by Crippen LogP contribution is -2.35. The van der Waals surface area contributed by atoms with E-state index in [0.29, 0.717) is 12.5 Å². The summed E-state index contributed by atoms with van der Waals surface area (Å²) in [6.45, 7) is 4.51. The van der Waals surface area contributed by atoms with Crippen molar-refractivity contribution in [3.8, 4) is 0 Å². The molecule has 3 N–H and O–H groups in total. The van der Waals surface area contributed by atoms with Gasteiger partial charge in [-0.2, -0.15) is 0 Å². The van der Waals surface area contributed by atoms with Crippen LogP contribution in [0.15, 0.2) is 12.1 Å². The highest BCUT2D eigenvalue weighted by Crippen LogP contribution is 1.86. The van der Waals surface area contributed by atoms with Crippen LogP contribution in [-0.2, 0) is 4.79 Å². The van der Waals surface area contributed by atoms with Crippen molar-refractivity contribution in [2.24, 2.45) is 5.92 Å². The number of aliphatic hydroxyl groups excluding tert-OH is 1. The summed E-state index contributed by atoms with van der Waals surface area (Å²) in [4.78, 5) is 13.6. The van der Waals surface area contributed by atoms with Crippen LogP contribution in [0, 0.1) is 11.3 Å². The highest BCUT2D eigenvalue weighted by atomic mass is 16.3. The van der Waals surface area contributed by atoms with Crippen LogP contribution >= 0.6 is 0 Å². The molecule has 0 spiro atoms. The molecule has 0 aliphatic heterocycles. The second-order valence-corrected chi connectivity index (χ2v) is 3.18. The quantitative estimate of drug-likeness (QED) is 0.445. The highest BCUT2D eigenvalue weighted by Gasteiger charge is 2.04. The number of diazo groups is 1. The van der Waals surface area contributed by atoms with Gasteiger partial charge >= 0.3 is 6.20 Å². The van der Waals surface area contributed by atoms with Gasteiger partial charge in [0.2, 0.25) is 11.3 Å². The number of nitrogens with one attached hydrogen (secondary N) is 2. The van der Waals surface area contributed by atoms with Crippen molar-refractivity contribution in [3.05, 3.63) is 17.1 Å². The molecule has 0 atom stereocenters. The third-order valence-corrected chi connectivity index (χ3v) is 1.32. The molecule has 0 aliphatic rings. The molecule has 0 saturated carbocycles. The minimum absolute atomic E-state index is 0.0510. The lowest BCUT2D eigenvalue weighted by atomic mass is 10.2. The van der Waals surface area contributed by atoms with E-state index in [4.69, 9.17) is 10.5 Å². The van der Waals surface area contributed by atoms with Crippen molar-refractivity contribution in [1.29, 1.82) is 5.39 Å². The minimum Gasteiger partial charge on any atom is -0.490 e. The Morgan fingerprint density at radius 1 is 1.57 bits per heavy atom. The number of aliphatic hydroxyl groups is 1. The van der Waals surface area contributed by atoms with Crippen LogP contribution in [0.25, 0.3) is 4.98 Å². The summed E-state index contributed by atoms with van der Waals surface area (Å²) in [5.41, 5.74) is 0. The zero-order chi connectivity index (χ0) is 11.0. The number of amides is 1. The van der Waals surface area contributed by atoms with Crippen LogP contribution in [0.3, 0.4) is 0 Å². The van der Waals surface area contributed by atoms with Crippen LogP contribution in [0.5, 0.6) is 0 Å². The fourth-order valence-corrected chi connectivity index (χ4v) is 0.652. The molecule has 0 aromatic heterocycles. The molecule has 14 heavy (non-hydrogen) atoms. The van der Waals surface area contributed by atoms with Gasteiger partial charge in [-0.1, -0.05) is 13.8 Å². The second-order valence-electron chi connectivity index (χ2n) is 3.18. The Morgan fingerprint density at radius 3 is 2.71 bits per heavy atom. The van der Waals surface area contributed by atoms with E-state index in [1.54, 1.807) is 0 Å². The average molecular weight is 199 g/mol. The molecular formula is C8H15N4O2+. The Morgan fingerprint density at radius 2 is 2.21 bits per heavy atom. The Labute approximate surface area is 82.6 Å². The zero-order valence-electron chi connectivity index (χ0n) is 8.32. The van der Waals surface area contributed by atoms with Crippen molar-refractivity contribution in [3.63, 3.8) is 0 Å². The predicted octanol–water partition coefficient (Wildman–Crippen LogP) is 0.558. The number of hydrogen-bond donors (Lipinski definition) is 3. The number of rotatable bonds is 5. The number of hydrogen-bond acceptors (Lipinski definition) is 4. The maximum atomic E-state index is 11.1. The van der Waals surface area contributed by atoms with Gasteiger partial charge < -0.3 is 15.7 Å². The van der Waals surface area contributed by atoms with Crippen molar-refractivity contribution in [2.45, 2.75) is 13.8 Å².